The average Bonchev–Trinajstić information content (AvgIpc) is 3.02. The molecule has 0 radical (unpaired) electrons. The fourth-order valence-corrected chi connectivity index (χ4v) is 5.31. The summed E-state index contributed by atoms with van der Waals surface area (Å²) in [6, 6.07) is 8.93. The average molecular weight is 432 g/mol. The number of carbonyl (C=O) groups excluding carboxylic acids is 1. The number of nitrogens with zero attached hydrogens (tertiary/aromatic N) is 2. The largest absolute Gasteiger partial charge is 0.345 e. The Kier molecular flexibility index (Phi) is 6.72. The molecule has 1 N–H and O–H groups in total. The van der Waals surface area contributed by atoms with Gasteiger partial charge in [0.2, 0.25) is 10.0 Å². The van der Waals surface area contributed by atoms with E-state index in [0.29, 0.717) is 6.04 Å². The van der Waals surface area contributed by atoms with E-state index in [1.807, 2.05) is 19.9 Å². The molecule has 0 aliphatic heterocycles. The van der Waals surface area contributed by atoms with Crippen LogP contribution in [0, 0.1) is 13.8 Å². The lowest BCUT2D eigenvalue weighted by Gasteiger charge is -2.26. The molecule has 1 atom stereocenters. The molecule has 1 fully saturated rings. The van der Waals surface area contributed by atoms with Gasteiger partial charge in [0.05, 0.1) is 16.5 Å². The van der Waals surface area contributed by atoms with E-state index in [1.54, 1.807) is 24.3 Å². The third kappa shape index (κ3) is 4.47. The lowest BCUT2D eigenvalue weighted by atomic mass is 9.95. The lowest BCUT2D eigenvalue weighted by Crippen LogP contribution is -2.27. The maximum absolute atomic E-state index is 13.0. The predicted octanol–water partition coefficient (Wildman–Crippen LogP) is 4.35. The number of rotatable bonds is 6. The van der Waals surface area contributed by atoms with Crippen LogP contribution >= 0.6 is 0 Å². The molecule has 1 aromatic heterocycles. The van der Waals surface area contributed by atoms with Gasteiger partial charge in [-0.1, -0.05) is 31.4 Å². The van der Waals surface area contributed by atoms with Gasteiger partial charge in [-0.3, -0.25) is 4.79 Å². The zero-order valence-electron chi connectivity index (χ0n) is 18.6. The van der Waals surface area contributed by atoms with Crippen molar-refractivity contribution < 1.29 is 13.2 Å². The summed E-state index contributed by atoms with van der Waals surface area (Å²) in [4.78, 5) is 13.2. The number of sulfonamides is 1. The van der Waals surface area contributed by atoms with Gasteiger partial charge in [0.1, 0.15) is 0 Å². The Morgan fingerprint density at radius 3 is 2.27 bits per heavy atom. The van der Waals surface area contributed by atoms with Crippen LogP contribution in [-0.2, 0) is 10.0 Å². The summed E-state index contributed by atoms with van der Waals surface area (Å²) in [5.74, 6) is -0.0948. The Morgan fingerprint density at radius 2 is 1.70 bits per heavy atom. The number of carbonyl (C=O) groups is 1. The van der Waals surface area contributed by atoms with Gasteiger partial charge in [0, 0.05) is 31.5 Å². The van der Waals surface area contributed by atoms with Crippen LogP contribution in [0.3, 0.4) is 0 Å². The molecule has 0 spiro atoms. The summed E-state index contributed by atoms with van der Waals surface area (Å²) in [5.41, 5.74) is 3.74. The van der Waals surface area contributed by atoms with Crippen molar-refractivity contribution in [2.75, 3.05) is 14.1 Å². The second-order valence-corrected chi connectivity index (χ2v) is 10.7. The Bertz CT molecular complexity index is 1000. The Labute approximate surface area is 180 Å². The number of aromatic nitrogens is 1. The number of hydrogen-bond acceptors (Lipinski definition) is 3. The second-order valence-electron chi connectivity index (χ2n) is 8.50. The van der Waals surface area contributed by atoms with E-state index >= 15 is 0 Å². The maximum atomic E-state index is 13.0. The van der Waals surface area contributed by atoms with Gasteiger partial charge in [-0.05, 0) is 57.4 Å². The maximum Gasteiger partial charge on any atom is 0.253 e. The molecule has 1 unspecified atom stereocenters. The number of benzene rings is 1. The van der Waals surface area contributed by atoms with Gasteiger partial charge in [-0.15, -0.1) is 0 Å². The molecular formula is C23H33N3O3S. The van der Waals surface area contributed by atoms with Crippen LogP contribution in [0.25, 0.3) is 0 Å². The van der Waals surface area contributed by atoms with E-state index in [0.717, 1.165) is 22.5 Å². The molecule has 1 amide bonds. The van der Waals surface area contributed by atoms with Gasteiger partial charge in [0.15, 0.2) is 0 Å². The summed E-state index contributed by atoms with van der Waals surface area (Å²) in [6.07, 6.45) is 6.15. The van der Waals surface area contributed by atoms with Crippen molar-refractivity contribution in [3.63, 3.8) is 0 Å². The number of nitrogens with one attached hydrogen (secondary N) is 1. The van der Waals surface area contributed by atoms with E-state index in [-0.39, 0.29) is 16.8 Å². The molecule has 30 heavy (non-hydrogen) atoms. The topological polar surface area (TPSA) is 71.4 Å². The summed E-state index contributed by atoms with van der Waals surface area (Å²) in [7, 11) is -0.441. The molecule has 1 aromatic carbocycles. The highest BCUT2D eigenvalue weighted by atomic mass is 32.2. The van der Waals surface area contributed by atoms with E-state index < -0.39 is 10.0 Å². The SMILES string of the molecule is Cc1cc(C(=O)NC(C)c2ccc(S(=O)(=O)N(C)C)cc2)c(C)n1C1CCCCC1. The summed E-state index contributed by atoms with van der Waals surface area (Å²) in [5, 5.41) is 3.07. The smallest absolute Gasteiger partial charge is 0.253 e. The molecule has 1 aliphatic rings. The van der Waals surface area contributed by atoms with Crippen LogP contribution in [0.5, 0.6) is 0 Å². The van der Waals surface area contributed by atoms with Crippen LogP contribution in [-0.4, -0.2) is 37.3 Å². The number of aryl methyl sites for hydroxylation is 1. The molecule has 3 rings (SSSR count). The molecule has 1 aliphatic carbocycles. The first-order chi connectivity index (χ1) is 14.1. The normalized spacial score (nSPS) is 16.6. The monoisotopic (exact) mass is 431 g/mol. The molecule has 1 saturated carbocycles. The minimum Gasteiger partial charge on any atom is -0.345 e. The van der Waals surface area contributed by atoms with Crippen molar-refractivity contribution in [1.29, 1.82) is 0 Å². The highest BCUT2D eigenvalue weighted by Gasteiger charge is 2.24. The van der Waals surface area contributed by atoms with Crippen LogP contribution in [0.2, 0.25) is 0 Å². The minimum atomic E-state index is -3.46. The molecule has 0 saturated heterocycles. The summed E-state index contributed by atoms with van der Waals surface area (Å²) >= 11 is 0. The Balaban J connectivity index is 1.75. The Morgan fingerprint density at radius 1 is 1.10 bits per heavy atom. The van der Waals surface area contributed by atoms with E-state index in [4.69, 9.17) is 0 Å². The van der Waals surface area contributed by atoms with Gasteiger partial charge in [0.25, 0.3) is 5.91 Å². The number of amides is 1. The van der Waals surface area contributed by atoms with Crippen LogP contribution in [0.15, 0.2) is 35.2 Å². The van der Waals surface area contributed by atoms with Crippen LogP contribution in [0.4, 0.5) is 0 Å². The molecule has 1 heterocycles. The molecular weight excluding hydrogens is 398 g/mol. The highest BCUT2D eigenvalue weighted by Crippen LogP contribution is 2.32. The van der Waals surface area contributed by atoms with Crippen molar-refractivity contribution in [1.82, 2.24) is 14.2 Å². The van der Waals surface area contributed by atoms with Crippen LogP contribution < -0.4 is 5.32 Å². The lowest BCUT2D eigenvalue weighted by molar-refractivity contribution is 0.0939. The first kappa shape index (κ1) is 22.6. The van der Waals surface area contributed by atoms with Gasteiger partial charge < -0.3 is 9.88 Å². The first-order valence-electron chi connectivity index (χ1n) is 10.6. The zero-order valence-corrected chi connectivity index (χ0v) is 19.4. The van der Waals surface area contributed by atoms with Crippen molar-refractivity contribution in [2.24, 2.45) is 0 Å². The third-order valence-corrected chi connectivity index (χ3v) is 8.00. The standard InChI is InChI=1S/C23H33N3O3S/c1-16-15-22(18(3)26(16)20-9-7-6-8-10-20)23(27)24-17(2)19-11-13-21(14-12-19)30(28,29)25(4)5/h11-15,17,20H,6-10H2,1-5H3,(H,24,27). The van der Waals surface area contributed by atoms with Crippen molar-refractivity contribution in [3.8, 4) is 0 Å². The predicted molar refractivity (Wildman–Crippen MR) is 119 cm³/mol. The van der Waals surface area contributed by atoms with Gasteiger partial charge in [-0.2, -0.15) is 0 Å². The van der Waals surface area contributed by atoms with E-state index in [2.05, 4.69) is 16.8 Å². The molecule has 7 heteroatoms. The number of hydrogen-bond donors (Lipinski definition) is 1. The van der Waals surface area contributed by atoms with Crippen molar-refractivity contribution in [3.05, 3.63) is 52.8 Å². The summed E-state index contributed by atoms with van der Waals surface area (Å²) in [6.45, 7) is 6.02. The first-order valence-corrected chi connectivity index (χ1v) is 12.1. The molecule has 6 nitrogen and oxygen atoms in total. The van der Waals surface area contributed by atoms with Gasteiger partial charge in [-0.25, -0.2) is 12.7 Å². The molecule has 164 valence electrons. The molecule has 0 bridgehead atoms. The zero-order chi connectivity index (χ0) is 22.1. The Hall–Kier alpha value is -2.12. The summed E-state index contributed by atoms with van der Waals surface area (Å²) < 4.78 is 28.0. The van der Waals surface area contributed by atoms with Crippen LogP contribution in [0.1, 0.15) is 78.4 Å². The fourth-order valence-electron chi connectivity index (χ4n) is 4.41. The third-order valence-electron chi connectivity index (χ3n) is 6.18. The quantitative estimate of drug-likeness (QED) is 0.739. The minimum absolute atomic E-state index is 0.0948. The van der Waals surface area contributed by atoms with E-state index in [1.165, 1.54) is 50.5 Å². The highest BCUT2D eigenvalue weighted by molar-refractivity contribution is 7.89. The van der Waals surface area contributed by atoms with Gasteiger partial charge >= 0.3 is 0 Å². The van der Waals surface area contributed by atoms with Crippen molar-refractivity contribution >= 4 is 15.9 Å². The van der Waals surface area contributed by atoms with Crippen molar-refractivity contribution in [2.45, 2.75) is 69.9 Å². The van der Waals surface area contributed by atoms with E-state index in [9.17, 15) is 13.2 Å². The second kappa shape index (κ2) is 8.94. The molecule has 2 aromatic rings. The fraction of sp³-hybridized carbons (Fsp3) is 0.522.